The first-order valence-electron chi connectivity index (χ1n) is 15.0. The topological polar surface area (TPSA) is 19.4 Å². The van der Waals surface area contributed by atoms with E-state index in [-0.39, 0.29) is 36.4 Å². The minimum atomic E-state index is -0.0511. The molecular formula is C38H42IrN3. The molecule has 0 saturated heterocycles. The Morgan fingerprint density at radius 3 is 2.21 bits per heavy atom. The van der Waals surface area contributed by atoms with Crippen LogP contribution in [0.15, 0.2) is 72.9 Å². The summed E-state index contributed by atoms with van der Waals surface area (Å²) in [6.07, 6.45) is 4.25. The smallest absolute Gasteiger partial charge is 0.499 e. The Balaban J connectivity index is 0.000000228. The van der Waals surface area contributed by atoms with Crippen LogP contribution >= 0.6 is 0 Å². The molecule has 3 heterocycles. The molecule has 0 N–H and O–H groups in total. The summed E-state index contributed by atoms with van der Waals surface area (Å²) >= 11 is 0. The Hall–Kier alpha value is -2.94. The standard InChI is InChI=1S/C27H34N2.C11H8N.Ir/c1-17(2)28-16-29-20-13-12-18-22(26(5,6)15-14-25(18,3)4)23(20)27(7,8)19-10-9-11-21(28)24(19)29;1-2-6-10(7-3-1)11-8-4-5-9-12-11;/h9-12,16-17H,14-15H2,1-8H3;1-6,8-9H;/q-2;-1;+3. The molecule has 218 valence electrons. The fourth-order valence-electron chi connectivity index (χ4n) is 6.99. The van der Waals surface area contributed by atoms with E-state index >= 15 is 0 Å². The van der Waals surface area contributed by atoms with Gasteiger partial charge >= 0.3 is 20.1 Å². The van der Waals surface area contributed by atoms with E-state index in [1.165, 1.54) is 46.6 Å². The number of para-hydroxylation sites is 1. The zero-order valence-corrected chi connectivity index (χ0v) is 28.6. The summed E-state index contributed by atoms with van der Waals surface area (Å²) in [7, 11) is 0. The maximum Gasteiger partial charge on any atom is 3.00 e. The first-order valence-corrected chi connectivity index (χ1v) is 15.0. The summed E-state index contributed by atoms with van der Waals surface area (Å²) in [4.78, 5) is 9.05. The third-order valence-electron chi connectivity index (χ3n) is 9.41. The maximum absolute atomic E-state index is 4.22. The van der Waals surface area contributed by atoms with Gasteiger partial charge in [-0.15, -0.1) is 52.6 Å². The number of pyridine rings is 1. The van der Waals surface area contributed by atoms with Gasteiger partial charge in [0.25, 0.3) is 0 Å². The van der Waals surface area contributed by atoms with E-state index in [1.807, 2.05) is 42.5 Å². The van der Waals surface area contributed by atoms with Crippen LogP contribution in [0.3, 0.4) is 0 Å². The fraction of sp³-hybridized carbons (Fsp3) is 0.368. The number of fused-ring (bicyclic) bond motifs is 4. The second-order valence-corrected chi connectivity index (χ2v) is 13.8. The predicted molar refractivity (Wildman–Crippen MR) is 172 cm³/mol. The molecule has 0 unspecified atom stereocenters. The van der Waals surface area contributed by atoms with Crippen molar-refractivity contribution in [1.29, 1.82) is 0 Å². The third-order valence-corrected chi connectivity index (χ3v) is 9.41. The maximum atomic E-state index is 4.22. The molecule has 0 radical (unpaired) electrons. The second kappa shape index (κ2) is 11.0. The molecule has 0 spiro atoms. The molecule has 3 nitrogen and oxygen atoms in total. The quantitative estimate of drug-likeness (QED) is 0.192. The molecule has 1 aromatic heterocycles. The van der Waals surface area contributed by atoms with Gasteiger partial charge in [-0.05, 0) is 60.5 Å². The van der Waals surface area contributed by atoms with Gasteiger partial charge in [0.05, 0.1) is 0 Å². The van der Waals surface area contributed by atoms with Crippen molar-refractivity contribution in [1.82, 2.24) is 4.98 Å². The van der Waals surface area contributed by atoms with Crippen LogP contribution in [0.1, 0.15) is 90.5 Å². The zero-order valence-electron chi connectivity index (χ0n) is 26.2. The van der Waals surface area contributed by atoms with E-state index in [9.17, 15) is 0 Å². The molecule has 2 aliphatic heterocycles. The van der Waals surface area contributed by atoms with Crippen LogP contribution in [0.5, 0.6) is 0 Å². The van der Waals surface area contributed by atoms with Crippen LogP contribution in [0.25, 0.3) is 11.3 Å². The monoisotopic (exact) mass is 733 g/mol. The van der Waals surface area contributed by atoms with Crippen molar-refractivity contribution in [3.05, 3.63) is 114 Å². The van der Waals surface area contributed by atoms with E-state index in [0.717, 1.165) is 11.3 Å². The predicted octanol–water partition coefficient (Wildman–Crippen LogP) is 9.51. The summed E-state index contributed by atoms with van der Waals surface area (Å²) in [6.45, 7) is 21.4. The second-order valence-electron chi connectivity index (χ2n) is 13.8. The van der Waals surface area contributed by atoms with Crippen molar-refractivity contribution >= 4 is 17.1 Å². The molecule has 3 aromatic carbocycles. The average Bonchev–Trinajstić information content (AvgIpc) is 3.36. The van der Waals surface area contributed by atoms with Crippen molar-refractivity contribution in [3.63, 3.8) is 0 Å². The van der Waals surface area contributed by atoms with Gasteiger partial charge in [-0.2, -0.15) is 18.8 Å². The Morgan fingerprint density at radius 1 is 0.810 bits per heavy atom. The van der Waals surface area contributed by atoms with E-state index in [2.05, 4.69) is 113 Å². The molecule has 0 saturated carbocycles. The van der Waals surface area contributed by atoms with Crippen LogP contribution in [-0.4, -0.2) is 11.0 Å². The Labute approximate surface area is 266 Å². The Morgan fingerprint density at radius 2 is 1.55 bits per heavy atom. The Kier molecular flexibility index (Phi) is 7.96. The van der Waals surface area contributed by atoms with Gasteiger partial charge < -0.3 is 14.8 Å². The van der Waals surface area contributed by atoms with Crippen molar-refractivity contribution in [2.24, 2.45) is 0 Å². The molecule has 0 fully saturated rings. The van der Waals surface area contributed by atoms with Crippen LogP contribution in [0.4, 0.5) is 17.1 Å². The van der Waals surface area contributed by atoms with Crippen molar-refractivity contribution in [2.45, 2.75) is 90.5 Å². The number of aromatic nitrogens is 1. The summed E-state index contributed by atoms with van der Waals surface area (Å²) < 4.78 is 0. The van der Waals surface area contributed by atoms with Gasteiger partial charge in [0.1, 0.15) is 0 Å². The minimum Gasteiger partial charge on any atom is -0.499 e. The summed E-state index contributed by atoms with van der Waals surface area (Å²) in [5.41, 5.74) is 12.2. The van der Waals surface area contributed by atoms with Gasteiger partial charge in [0.15, 0.2) is 0 Å². The third kappa shape index (κ3) is 4.91. The first kappa shape index (κ1) is 30.5. The van der Waals surface area contributed by atoms with E-state index in [1.54, 1.807) is 11.8 Å². The summed E-state index contributed by atoms with van der Waals surface area (Å²) in [5.74, 6) is 0. The van der Waals surface area contributed by atoms with Gasteiger partial charge in [0.2, 0.25) is 0 Å². The largest absolute Gasteiger partial charge is 3.00 e. The number of hydrogen-bond donors (Lipinski definition) is 0. The fourth-order valence-corrected chi connectivity index (χ4v) is 6.99. The molecule has 4 heteroatoms. The van der Waals surface area contributed by atoms with Gasteiger partial charge in [0, 0.05) is 17.6 Å². The van der Waals surface area contributed by atoms with Crippen LogP contribution in [0.2, 0.25) is 0 Å². The van der Waals surface area contributed by atoms with Crippen molar-refractivity contribution in [2.75, 3.05) is 9.80 Å². The average molecular weight is 733 g/mol. The first-order chi connectivity index (χ1) is 19.4. The number of nitrogens with zero attached hydrogens (tertiary/aromatic N) is 3. The number of anilines is 3. The van der Waals surface area contributed by atoms with E-state index in [4.69, 9.17) is 0 Å². The molecule has 0 amide bonds. The molecule has 7 rings (SSSR count). The minimum absolute atomic E-state index is 0. The van der Waals surface area contributed by atoms with Crippen molar-refractivity contribution < 1.29 is 20.1 Å². The normalized spacial score (nSPS) is 18.2. The molecule has 3 aliphatic rings. The van der Waals surface area contributed by atoms with Gasteiger partial charge in [-0.3, -0.25) is 0 Å². The Bertz CT molecular complexity index is 1530. The molecule has 4 aromatic rings. The number of hydrogen-bond acceptors (Lipinski definition) is 3. The molecule has 42 heavy (non-hydrogen) atoms. The van der Waals surface area contributed by atoms with E-state index < -0.39 is 0 Å². The van der Waals surface area contributed by atoms with Crippen LogP contribution in [0, 0.1) is 18.8 Å². The molecule has 1 aliphatic carbocycles. The number of rotatable bonds is 2. The zero-order chi connectivity index (χ0) is 29.2. The summed E-state index contributed by atoms with van der Waals surface area (Å²) in [5, 5.41) is 0. The van der Waals surface area contributed by atoms with Crippen LogP contribution in [-0.2, 0) is 36.4 Å². The summed E-state index contributed by atoms with van der Waals surface area (Å²) in [6, 6.07) is 30.2. The van der Waals surface area contributed by atoms with Crippen molar-refractivity contribution in [3.8, 4) is 11.3 Å². The SMILES string of the molecule is CC(C)N1[CH-]N2c3[c-]cc4c(c3C(C)(C)c3cccc1c32)C(C)(C)CCC4(C)C.[Ir+3].[c-]1ccccc1-c1ccccn1. The van der Waals surface area contributed by atoms with Gasteiger partial charge in [-0.25, -0.2) is 0 Å². The number of benzene rings is 3. The molecule has 0 bridgehead atoms. The molecule has 0 atom stereocenters. The molecular weight excluding hydrogens is 691 g/mol. The van der Waals surface area contributed by atoms with Gasteiger partial charge in [-0.1, -0.05) is 83.3 Å². The van der Waals surface area contributed by atoms with E-state index in [0.29, 0.717) is 6.04 Å². The van der Waals surface area contributed by atoms with Crippen LogP contribution < -0.4 is 9.80 Å².